The fourth-order valence-corrected chi connectivity index (χ4v) is 3.72. The summed E-state index contributed by atoms with van der Waals surface area (Å²) in [4.78, 5) is 16.2. The lowest BCUT2D eigenvalue weighted by Gasteiger charge is -2.19. The van der Waals surface area contributed by atoms with Crippen LogP contribution in [0.3, 0.4) is 0 Å². The number of halogens is 2. The van der Waals surface area contributed by atoms with E-state index >= 15 is 0 Å². The molecule has 2 amide bonds. The first-order valence-electron chi connectivity index (χ1n) is 8.81. The Balaban J connectivity index is 1.52. The van der Waals surface area contributed by atoms with Crippen LogP contribution in [-0.2, 0) is 21.5 Å². The second kappa shape index (κ2) is 9.60. The van der Waals surface area contributed by atoms with Gasteiger partial charge < -0.3 is 4.90 Å². The number of urea groups is 1. The van der Waals surface area contributed by atoms with E-state index in [1.165, 1.54) is 7.11 Å². The van der Waals surface area contributed by atoms with Crippen LogP contribution in [0.4, 0.5) is 16.2 Å². The number of hydrogen-bond donors (Lipinski definition) is 1. The molecule has 1 saturated heterocycles. The zero-order chi connectivity index (χ0) is 20.1. The maximum atomic E-state index is 12.6. The fraction of sp³-hybridized carbons (Fsp3) is 0.316. The van der Waals surface area contributed by atoms with Crippen LogP contribution in [-0.4, -0.2) is 41.9 Å². The van der Waals surface area contributed by atoms with Crippen molar-refractivity contribution in [1.29, 1.82) is 0 Å². The predicted octanol–water partition coefficient (Wildman–Crippen LogP) is 4.73. The van der Waals surface area contributed by atoms with Crippen LogP contribution in [0, 0.1) is 0 Å². The van der Waals surface area contributed by atoms with E-state index < -0.39 is 10.9 Å². The number of benzene rings is 2. The molecule has 6 nitrogen and oxygen atoms in total. The second-order valence-electron chi connectivity index (χ2n) is 6.31. The first-order chi connectivity index (χ1) is 13.5. The number of amides is 2. The molecule has 0 spiro atoms. The van der Waals surface area contributed by atoms with Gasteiger partial charge in [0.1, 0.15) is 0 Å². The van der Waals surface area contributed by atoms with Crippen molar-refractivity contribution in [2.24, 2.45) is 4.36 Å². The topological polar surface area (TPSA) is 62.2 Å². The SMILES string of the molecule is CO[SH](=O)=Nc1ccc(CCCN2CCN(c3ccc(Cl)c(Cl)c3)C2=O)cc1. The third-order valence-electron chi connectivity index (χ3n) is 4.49. The van der Waals surface area contributed by atoms with Crippen molar-refractivity contribution in [3.8, 4) is 0 Å². The van der Waals surface area contributed by atoms with Crippen LogP contribution in [0.2, 0.25) is 10.0 Å². The Kier molecular flexibility index (Phi) is 7.18. The molecule has 1 atom stereocenters. The number of nitrogens with zero attached hydrogens (tertiary/aromatic N) is 3. The van der Waals surface area contributed by atoms with Crippen molar-refractivity contribution in [2.45, 2.75) is 12.8 Å². The Morgan fingerprint density at radius 1 is 1.11 bits per heavy atom. The largest absolute Gasteiger partial charge is 0.324 e. The van der Waals surface area contributed by atoms with E-state index in [-0.39, 0.29) is 6.03 Å². The molecule has 1 aliphatic rings. The highest BCUT2D eigenvalue weighted by atomic mass is 35.5. The van der Waals surface area contributed by atoms with Gasteiger partial charge in [0, 0.05) is 25.3 Å². The van der Waals surface area contributed by atoms with Crippen LogP contribution in [0.1, 0.15) is 12.0 Å². The summed E-state index contributed by atoms with van der Waals surface area (Å²) >= 11 is 12.0. The minimum atomic E-state index is -2.00. The molecule has 0 N–H and O–H groups in total. The molecule has 0 aromatic heterocycles. The lowest BCUT2D eigenvalue weighted by molar-refractivity contribution is 0.220. The van der Waals surface area contributed by atoms with Crippen molar-refractivity contribution in [3.63, 3.8) is 0 Å². The molecule has 0 bridgehead atoms. The van der Waals surface area contributed by atoms with Crippen LogP contribution in [0.15, 0.2) is 46.8 Å². The standard InChI is InChI=1S/C19H21Cl2N3O3S/c1-27-28(26)22-15-6-4-14(5-7-15)3-2-10-23-11-12-24(19(23)25)16-8-9-17(20)18(21)13-16/h4-9,13,28H,2-3,10-12H2,1H3. The van der Waals surface area contributed by atoms with Gasteiger partial charge in [-0.3, -0.25) is 9.08 Å². The first kappa shape index (κ1) is 20.9. The van der Waals surface area contributed by atoms with Gasteiger partial charge in [-0.05, 0) is 48.7 Å². The van der Waals surface area contributed by atoms with Crippen molar-refractivity contribution in [2.75, 3.05) is 31.6 Å². The van der Waals surface area contributed by atoms with Crippen molar-refractivity contribution < 1.29 is 13.2 Å². The Morgan fingerprint density at radius 2 is 1.86 bits per heavy atom. The number of thiol groups is 1. The van der Waals surface area contributed by atoms with Crippen LogP contribution < -0.4 is 4.90 Å². The summed E-state index contributed by atoms with van der Waals surface area (Å²) in [5.74, 6) is 0. The second-order valence-corrected chi connectivity index (χ2v) is 8.17. The summed E-state index contributed by atoms with van der Waals surface area (Å²) in [7, 11) is -0.644. The molecule has 2 aromatic carbocycles. The minimum absolute atomic E-state index is 0.0177. The quantitative estimate of drug-likeness (QED) is 0.631. The Morgan fingerprint density at radius 3 is 2.54 bits per heavy atom. The number of rotatable bonds is 7. The maximum Gasteiger partial charge on any atom is 0.324 e. The third-order valence-corrected chi connectivity index (χ3v) is 5.94. The van der Waals surface area contributed by atoms with Crippen LogP contribution >= 0.6 is 23.2 Å². The molecule has 28 heavy (non-hydrogen) atoms. The molecule has 3 rings (SSSR count). The summed E-state index contributed by atoms with van der Waals surface area (Å²) < 4.78 is 19.9. The normalized spacial score (nSPS) is 15.5. The predicted molar refractivity (Wildman–Crippen MR) is 114 cm³/mol. The van der Waals surface area contributed by atoms with E-state index in [0.29, 0.717) is 35.4 Å². The van der Waals surface area contributed by atoms with Gasteiger partial charge in [0.2, 0.25) is 0 Å². The molecular weight excluding hydrogens is 421 g/mol. The van der Waals surface area contributed by atoms with Gasteiger partial charge in [-0.2, -0.15) is 4.36 Å². The lowest BCUT2D eigenvalue weighted by Crippen LogP contribution is -2.32. The average Bonchev–Trinajstić information content (AvgIpc) is 3.06. The van der Waals surface area contributed by atoms with Gasteiger partial charge in [-0.25, -0.2) is 9.00 Å². The highest BCUT2D eigenvalue weighted by molar-refractivity contribution is 7.69. The van der Waals surface area contributed by atoms with Gasteiger partial charge >= 0.3 is 6.03 Å². The molecule has 0 aliphatic carbocycles. The number of hydrogen-bond acceptors (Lipinski definition) is 4. The molecule has 2 aromatic rings. The molecule has 9 heteroatoms. The van der Waals surface area contributed by atoms with E-state index in [1.54, 1.807) is 23.1 Å². The van der Waals surface area contributed by atoms with Gasteiger partial charge in [0.25, 0.3) is 0 Å². The Bertz CT molecular complexity index is 931. The smallest absolute Gasteiger partial charge is 0.323 e. The first-order valence-corrected chi connectivity index (χ1v) is 10.7. The van der Waals surface area contributed by atoms with Crippen LogP contribution in [0.5, 0.6) is 0 Å². The molecule has 1 unspecified atom stereocenters. The molecule has 1 heterocycles. The molecule has 150 valence electrons. The number of aryl methyl sites for hydroxylation is 1. The van der Waals surface area contributed by atoms with Gasteiger partial charge in [-0.1, -0.05) is 35.3 Å². The summed E-state index contributed by atoms with van der Waals surface area (Å²) in [6.07, 6.45) is 1.69. The summed E-state index contributed by atoms with van der Waals surface area (Å²) in [5.41, 5.74) is 2.52. The number of carbonyl (C=O) groups is 1. The van der Waals surface area contributed by atoms with Gasteiger partial charge in [0.15, 0.2) is 10.9 Å². The average molecular weight is 442 g/mol. The Hall–Kier alpha value is -1.80. The zero-order valence-electron chi connectivity index (χ0n) is 15.3. The van der Waals surface area contributed by atoms with Crippen molar-refractivity contribution >= 4 is 51.5 Å². The molecular formula is C19H21Cl2N3O3S. The Labute approximate surface area is 176 Å². The molecule has 1 aliphatic heterocycles. The zero-order valence-corrected chi connectivity index (χ0v) is 17.8. The molecule has 0 radical (unpaired) electrons. The van der Waals surface area contributed by atoms with Crippen molar-refractivity contribution in [1.82, 2.24) is 4.90 Å². The summed E-state index contributed by atoms with van der Waals surface area (Å²) in [6, 6.07) is 12.7. The highest BCUT2D eigenvalue weighted by Crippen LogP contribution is 2.29. The number of anilines is 1. The van der Waals surface area contributed by atoms with Gasteiger partial charge in [-0.15, -0.1) is 0 Å². The van der Waals surface area contributed by atoms with Crippen molar-refractivity contribution in [3.05, 3.63) is 58.1 Å². The minimum Gasteiger partial charge on any atom is -0.323 e. The monoisotopic (exact) mass is 441 g/mol. The van der Waals surface area contributed by atoms with E-state index in [4.69, 9.17) is 23.2 Å². The van der Waals surface area contributed by atoms with Gasteiger partial charge in [0.05, 0.1) is 22.8 Å². The number of carbonyl (C=O) groups excluding carboxylic acids is 1. The third kappa shape index (κ3) is 5.17. The van der Waals surface area contributed by atoms with E-state index in [2.05, 4.69) is 8.55 Å². The molecule has 0 saturated carbocycles. The van der Waals surface area contributed by atoms with E-state index in [0.717, 1.165) is 24.1 Å². The summed E-state index contributed by atoms with van der Waals surface area (Å²) in [5, 5.41) is 0.914. The lowest BCUT2D eigenvalue weighted by atomic mass is 10.1. The molecule has 1 fully saturated rings. The van der Waals surface area contributed by atoms with E-state index in [9.17, 15) is 9.00 Å². The fourth-order valence-electron chi connectivity index (χ4n) is 3.02. The maximum absolute atomic E-state index is 12.6. The van der Waals surface area contributed by atoms with Crippen LogP contribution in [0.25, 0.3) is 0 Å². The summed E-state index contributed by atoms with van der Waals surface area (Å²) in [6.45, 7) is 1.99. The van der Waals surface area contributed by atoms with E-state index in [1.807, 2.05) is 29.2 Å². The highest BCUT2D eigenvalue weighted by Gasteiger charge is 2.29.